The highest BCUT2D eigenvalue weighted by molar-refractivity contribution is 7.89. The van der Waals surface area contributed by atoms with Crippen molar-refractivity contribution in [2.75, 3.05) is 0 Å². The third-order valence-electron chi connectivity index (χ3n) is 2.72. The molecule has 0 spiro atoms. The summed E-state index contributed by atoms with van der Waals surface area (Å²) in [6.45, 7) is 1.90. The first kappa shape index (κ1) is 14.2. The Morgan fingerprint density at radius 2 is 2.15 bits per heavy atom. The molecule has 0 atom stereocenters. The zero-order chi connectivity index (χ0) is 14.9. The molecule has 0 bridgehead atoms. The van der Waals surface area contributed by atoms with Gasteiger partial charge in [-0.05, 0) is 12.5 Å². The second kappa shape index (κ2) is 5.02. The van der Waals surface area contributed by atoms with Crippen LogP contribution >= 0.6 is 0 Å². The van der Waals surface area contributed by atoms with Gasteiger partial charge in [0.1, 0.15) is 5.82 Å². The van der Waals surface area contributed by atoms with Crippen LogP contribution in [0, 0.1) is 17.0 Å². The van der Waals surface area contributed by atoms with Gasteiger partial charge < -0.3 is 4.57 Å². The van der Waals surface area contributed by atoms with E-state index < -0.39 is 14.9 Å². The van der Waals surface area contributed by atoms with Gasteiger partial charge >= 0.3 is 0 Å². The van der Waals surface area contributed by atoms with Gasteiger partial charge in [-0.1, -0.05) is 12.1 Å². The van der Waals surface area contributed by atoms with E-state index in [2.05, 4.69) is 4.98 Å². The predicted octanol–water partition coefficient (Wildman–Crippen LogP) is 0.795. The highest BCUT2D eigenvalue weighted by atomic mass is 32.2. The number of aromatic nitrogens is 2. The first-order valence-electron chi connectivity index (χ1n) is 5.57. The first-order chi connectivity index (χ1) is 9.27. The summed E-state index contributed by atoms with van der Waals surface area (Å²) >= 11 is 0. The van der Waals surface area contributed by atoms with Crippen molar-refractivity contribution in [2.24, 2.45) is 5.14 Å². The summed E-state index contributed by atoms with van der Waals surface area (Å²) in [7, 11) is -3.86. The van der Waals surface area contributed by atoms with Crippen molar-refractivity contribution < 1.29 is 13.3 Å². The molecule has 0 aliphatic carbocycles. The molecule has 0 aliphatic rings. The number of primary sulfonamides is 1. The van der Waals surface area contributed by atoms with E-state index in [1.54, 1.807) is 23.6 Å². The Morgan fingerprint density at radius 1 is 1.45 bits per heavy atom. The van der Waals surface area contributed by atoms with Gasteiger partial charge in [0, 0.05) is 24.9 Å². The van der Waals surface area contributed by atoms with Gasteiger partial charge in [-0.2, -0.15) is 0 Å². The number of imidazole rings is 1. The van der Waals surface area contributed by atoms with Crippen molar-refractivity contribution in [1.29, 1.82) is 0 Å². The number of nitro groups is 1. The molecular formula is C11H12N4O4S. The van der Waals surface area contributed by atoms with Crippen molar-refractivity contribution >= 4 is 15.7 Å². The fraction of sp³-hybridized carbons (Fsp3) is 0.182. The van der Waals surface area contributed by atoms with E-state index in [0.717, 1.165) is 0 Å². The second-order valence-electron chi connectivity index (χ2n) is 4.23. The minimum atomic E-state index is -3.86. The molecule has 1 aromatic carbocycles. The van der Waals surface area contributed by atoms with Gasteiger partial charge in [0.05, 0.1) is 4.92 Å². The Morgan fingerprint density at radius 3 is 2.70 bits per heavy atom. The van der Waals surface area contributed by atoms with Gasteiger partial charge in [-0.25, -0.2) is 18.5 Å². The maximum absolute atomic E-state index is 11.2. The Balaban J connectivity index is 2.33. The number of nitro benzene ring substituents is 1. The van der Waals surface area contributed by atoms with E-state index in [4.69, 9.17) is 5.14 Å². The van der Waals surface area contributed by atoms with Crippen LogP contribution in [-0.4, -0.2) is 22.9 Å². The lowest BCUT2D eigenvalue weighted by Gasteiger charge is -2.04. The molecule has 8 nitrogen and oxygen atoms in total. The third kappa shape index (κ3) is 3.00. The van der Waals surface area contributed by atoms with Crippen LogP contribution in [0.2, 0.25) is 0 Å². The Bertz CT molecular complexity index is 766. The number of hydrogen-bond acceptors (Lipinski definition) is 5. The molecule has 2 N–H and O–H groups in total. The Kier molecular flexibility index (Phi) is 3.55. The molecule has 2 aromatic rings. The van der Waals surface area contributed by atoms with Crippen molar-refractivity contribution in [1.82, 2.24) is 9.55 Å². The van der Waals surface area contributed by atoms with Crippen LogP contribution in [0.5, 0.6) is 0 Å². The van der Waals surface area contributed by atoms with E-state index in [1.807, 2.05) is 0 Å². The first-order valence-corrected chi connectivity index (χ1v) is 7.12. The molecule has 0 radical (unpaired) electrons. The van der Waals surface area contributed by atoms with Crippen LogP contribution in [0.1, 0.15) is 11.4 Å². The van der Waals surface area contributed by atoms with E-state index in [9.17, 15) is 18.5 Å². The lowest BCUT2D eigenvalue weighted by molar-refractivity contribution is -0.384. The number of hydrogen-bond donors (Lipinski definition) is 1. The van der Waals surface area contributed by atoms with E-state index in [0.29, 0.717) is 11.4 Å². The average molecular weight is 296 g/mol. The standard InChI is InChI=1S/C11H12N4O4S/c1-8-13-11(20(12,18)19)7-14(8)6-9-3-2-4-10(5-9)15(16)17/h2-5,7H,6H2,1H3,(H2,12,18,19). The van der Waals surface area contributed by atoms with Crippen molar-refractivity contribution in [3.63, 3.8) is 0 Å². The van der Waals surface area contributed by atoms with Gasteiger partial charge in [0.15, 0.2) is 5.03 Å². The maximum Gasteiger partial charge on any atom is 0.269 e. The van der Waals surface area contributed by atoms with Crippen LogP contribution in [0.25, 0.3) is 0 Å². The van der Waals surface area contributed by atoms with Gasteiger partial charge in [-0.15, -0.1) is 0 Å². The smallest absolute Gasteiger partial charge is 0.269 e. The van der Waals surface area contributed by atoms with Gasteiger partial charge in [-0.3, -0.25) is 10.1 Å². The number of nitrogens with two attached hydrogens (primary N) is 1. The molecule has 0 saturated heterocycles. The fourth-order valence-electron chi connectivity index (χ4n) is 1.74. The third-order valence-corrected chi connectivity index (χ3v) is 3.50. The van der Waals surface area contributed by atoms with Crippen molar-refractivity contribution in [2.45, 2.75) is 18.5 Å². The summed E-state index contributed by atoms with van der Waals surface area (Å²) < 4.78 is 24.0. The molecule has 1 aromatic heterocycles. The zero-order valence-corrected chi connectivity index (χ0v) is 11.4. The Hall–Kier alpha value is -2.26. The molecule has 0 aliphatic heterocycles. The summed E-state index contributed by atoms with van der Waals surface area (Å²) in [5, 5.41) is 15.5. The molecule has 106 valence electrons. The quantitative estimate of drug-likeness (QED) is 0.660. The van der Waals surface area contributed by atoms with Gasteiger partial charge in [0.25, 0.3) is 15.7 Å². The summed E-state index contributed by atoms with van der Waals surface area (Å²) in [5.41, 5.74) is 0.646. The average Bonchev–Trinajstić information content (AvgIpc) is 2.71. The zero-order valence-electron chi connectivity index (χ0n) is 10.6. The lowest BCUT2D eigenvalue weighted by atomic mass is 10.2. The fourth-order valence-corrected chi connectivity index (χ4v) is 2.28. The largest absolute Gasteiger partial charge is 0.329 e. The van der Waals surface area contributed by atoms with E-state index in [-0.39, 0.29) is 17.3 Å². The van der Waals surface area contributed by atoms with E-state index >= 15 is 0 Å². The summed E-state index contributed by atoms with van der Waals surface area (Å²) in [4.78, 5) is 14.1. The normalized spacial score (nSPS) is 11.5. The highest BCUT2D eigenvalue weighted by Crippen LogP contribution is 2.16. The van der Waals surface area contributed by atoms with Crippen molar-refractivity contribution in [3.05, 3.63) is 52.0 Å². The molecular weight excluding hydrogens is 284 g/mol. The number of rotatable bonds is 4. The number of non-ortho nitro benzene ring substituents is 1. The van der Waals surface area contributed by atoms with Crippen LogP contribution in [0.15, 0.2) is 35.5 Å². The summed E-state index contributed by atoms with van der Waals surface area (Å²) in [6, 6.07) is 6.10. The molecule has 9 heteroatoms. The van der Waals surface area contributed by atoms with Gasteiger partial charge in [0.2, 0.25) is 0 Å². The Labute approximate surface area is 115 Å². The minimum absolute atomic E-state index is 0.0214. The number of nitrogens with zero attached hydrogens (tertiary/aromatic N) is 3. The predicted molar refractivity (Wildman–Crippen MR) is 70.5 cm³/mol. The number of benzene rings is 1. The number of sulfonamides is 1. The van der Waals surface area contributed by atoms with Crippen LogP contribution in [0.3, 0.4) is 0 Å². The molecule has 0 unspecified atom stereocenters. The van der Waals surface area contributed by atoms with Crippen molar-refractivity contribution in [3.8, 4) is 0 Å². The second-order valence-corrected chi connectivity index (χ2v) is 5.73. The highest BCUT2D eigenvalue weighted by Gasteiger charge is 2.15. The molecule has 0 amide bonds. The SMILES string of the molecule is Cc1nc(S(N)(=O)=O)cn1Cc1cccc([N+](=O)[O-])c1. The van der Waals surface area contributed by atoms with Crippen LogP contribution < -0.4 is 5.14 Å². The monoisotopic (exact) mass is 296 g/mol. The molecule has 0 fully saturated rings. The molecule has 2 rings (SSSR count). The molecule has 1 heterocycles. The topological polar surface area (TPSA) is 121 Å². The van der Waals surface area contributed by atoms with Crippen LogP contribution in [-0.2, 0) is 16.6 Å². The maximum atomic E-state index is 11.2. The van der Waals surface area contributed by atoms with E-state index in [1.165, 1.54) is 18.3 Å². The lowest BCUT2D eigenvalue weighted by Crippen LogP contribution is -2.12. The molecule has 0 saturated carbocycles. The summed E-state index contributed by atoms with van der Waals surface area (Å²) in [5.74, 6) is 0.459. The molecule has 20 heavy (non-hydrogen) atoms. The summed E-state index contributed by atoms with van der Waals surface area (Å²) in [6.07, 6.45) is 1.31. The number of aryl methyl sites for hydroxylation is 1. The van der Waals surface area contributed by atoms with Crippen LogP contribution in [0.4, 0.5) is 5.69 Å². The minimum Gasteiger partial charge on any atom is -0.329 e.